The molecule has 1 aromatic rings. The van der Waals surface area contributed by atoms with Gasteiger partial charge in [-0.15, -0.1) is 0 Å². The Bertz CT molecular complexity index is 685. The fourth-order valence-electron chi connectivity index (χ4n) is 4.04. The molecular weight excluding hydrogens is 308 g/mol. The summed E-state index contributed by atoms with van der Waals surface area (Å²) in [7, 11) is 0. The minimum Gasteiger partial charge on any atom is -0.445 e. The summed E-state index contributed by atoms with van der Waals surface area (Å²) in [6.45, 7) is 0.0195. The van der Waals surface area contributed by atoms with Crippen molar-refractivity contribution >= 4 is 17.9 Å². The van der Waals surface area contributed by atoms with E-state index in [1.54, 1.807) is 0 Å². The molecule has 3 aliphatic rings. The smallest absolute Gasteiger partial charge is 0.408 e. The minimum atomic E-state index is -0.641. The molecule has 1 saturated heterocycles. The number of nitrogens with zero attached hydrogens (tertiary/aromatic N) is 1. The molecule has 1 aromatic carbocycles. The van der Waals surface area contributed by atoms with Gasteiger partial charge in [0, 0.05) is 0 Å². The zero-order valence-corrected chi connectivity index (χ0v) is 13.1. The second-order valence-electron chi connectivity index (χ2n) is 6.50. The van der Waals surface area contributed by atoms with E-state index in [0.717, 1.165) is 16.9 Å². The third kappa shape index (κ3) is 2.38. The first-order valence-corrected chi connectivity index (χ1v) is 8.13. The Balaban J connectivity index is 1.31. The summed E-state index contributed by atoms with van der Waals surface area (Å²) >= 11 is 0. The predicted molar refractivity (Wildman–Crippen MR) is 84.2 cm³/mol. The van der Waals surface area contributed by atoms with Gasteiger partial charge >= 0.3 is 6.09 Å². The number of ether oxygens (including phenoxy) is 1. The van der Waals surface area contributed by atoms with Crippen LogP contribution < -0.4 is 5.32 Å². The van der Waals surface area contributed by atoms with Crippen molar-refractivity contribution < 1.29 is 19.1 Å². The average molecular weight is 326 g/mol. The van der Waals surface area contributed by atoms with E-state index >= 15 is 0 Å². The largest absolute Gasteiger partial charge is 0.445 e. The number of imide groups is 1. The molecule has 0 spiro atoms. The molecule has 1 saturated carbocycles. The van der Waals surface area contributed by atoms with Gasteiger partial charge in [-0.05, 0) is 23.8 Å². The number of nitrogens with one attached hydrogen (secondary N) is 1. The number of benzene rings is 1. The van der Waals surface area contributed by atoms with Crippen LogP contribution in [0.5, 0.6) is 0 Å². The molecule has 6 heteroatoms. The normalized spacial score (nSPS) is 29.9. The third-order valence-electron chi connectivity index (χ3n) is 5.16. The number of amides is 3. The lowest BCUT2D eigenvalue weighted by Crippen LogP contribution is -2.42. The van der Waals surface area contributed by atoms with Crippen molar-refractivity contribution in [3.8, 4) is 0 Å². The molecule has 1 aliphatic heterocycles. The molecule has 1 heterocycles. The molecule has 4 rings (SSSR count). The summed E-state index contributed by atoms with van der Waals surface area (Å²) in [6.07, 6.45) is 4.34. The molecule has 6 nitrogen and oxygen atoms in total. The summed E-state index contributed by atoms with van der Waals surface area (Å²) in [5, 5.41) is 2.50. The third-order valence-corrected chi connectivity index (χ3v) is 5.16. The lowest BCUT2D eigenvalue weighted by molar-refractivity contribution is -0.140. The van der Waals surface area contributed by atoms with Crippen LogP contribution in [0.1, 0.15) is 12.0 Å². The van der Waals surface area contributed by atoms with Crippen LogP contribution in [-0.4, -0.2) is 29.5 Å². The first-order chi connectivity index (χ1) is 11.6. The van der Waals surface area contributed by atoms with Crippen molar-refractivity contribution in [2.75, 3.05) is 6.67 Å². The Labute approximate surface area is 139 Å². The van der Waals surface area contributed by atoms with Crippen molar-refractivity contribution in [3.63, 3.8) is 0 Å². The van der Waals surface area contributed by atoms with Gasteiger partial charge in [0.2, 0.25) is 11.8 Å². The predicted octanol–water partition coefficient (Wildman–Crippen LogP) is 1.68. The monoisotopic (exact) mass is 326 g/mol. The number of hydrogen-bond donors (Lipinski definition) is 1. The molecule has 124 valence electrons. The zero-order chi connectivity index (χ0) is 16.7. The molecule has 2 bridgehead atoms. The highest BCUT2D eigenvalue weighted by molar-refractivity contribution is 6.06. The van der Waals surface area contributed by atoms with E-state index in [1.807, 2.05) is 42.5 Å². The lowest BCUT2D eigenvalue weighted by atomic mass is 9.85. The van der Waals surface area contributed by atoms with Crippen molar-refractivity contribution in [2.45, 2.75) is 13.0 Å². The number of alkyl carbamates (subject to hydrolysis) is 1. The molecule has 1 N–H and O–H groups in total. The number of hydrogen-bond acceptors (Lipinski definition) is 4. The van der Waals surface area contributed by atoms with Gasteiger partial charge in [0.05, 0.1) is 11.8 Å². The van der Waals surface area contributed by atoms with Gasteiger partial charge in [0.15, 0.2) is 0 Å². The van der Waals surface area contributed by atoms with E-state index in [4.69, 9.17) is 4.74 Å². The fourth-order valence-corrected chi connectivity index (χ4v) is 4.04. The van der Waals surface area contributed by atoms with Crippen LogP contribution in [0.25, 0.3) is 0 Å². The Morgan fingerprint density at radius 2 is 1.71 bits per heavy atom. The van der Waals surface area contributed by atoms with E-state index in [0.29, 0.717) is 0 Å². The Hall–Kier alpha value is -2.63. The highest BCUT2D eigenvalue weighted by atomic mass is 16.5. The maximum atomic E-state index is 12.5. The van der Waals surface area contributed by atoms with E-state index in [-0.39, 0.29) is 48.8 Å². The Morgan fingerprint density at radius 1 is 1.08 bits per heavy atom. The van der Waals surface area contributed by atoms with E-state index < -0.39 is 6.09 Å². The van der Waals surface area contributed by atoms with Crippen molar-refractivity contribution in [3.05, 3.63) is 48.0 Å². The summed E-state index contributed by atoms with van der Waals surface area (Å²) in [4.78, 5) is 37.9. The van der Waals surface area contributed by atoms with E-state index in [9.17, 15) is 14.4 Å². The van der Waals surface area contributed by atoms with Gasteiger partial charge in [-0.25, -0.2) is 4.79 Å². The van der Waals surface area contributed by atoms with E-state index in [1.165, 1.54) is 0 Å². The van der Waals surface area contributed by atoms with Gasteiger partial charge in [-0.2, -0.15) is 0 Å². The quantitative estimate of drug-likeness (QED) is 0.675. The molecule has 0 unspecified atom stereocenters. The average Bonchev–Trinajstić information content (AvgIpc) is 3.27. The lowest BCUT2D eigenvalue weighted by Gasteiger charge is -2.17. The van der Waals surface area contributed by atoms with Crippen LogP contribution in [0, 0.1) is 23.7 Å². The van der Waals surface area contributed by atoms with Crippen molar-refractivity contribution in [2.24, 2.45) is 23.7 Å². The van der Waals surface area contributed by atoms with Crippen molar-refractivity contribution in [1.82, 2.24) is 10.2 Å². The molecule has 0 radical (unpaired) electrons. The molecule has 2 aliphatic carbocycles. The number of carbonyl (C=O) groups is 3. The maximum absolute atomic E-state index is 12.5. The topological polar surface area (TPSA) is 75.7 Å². The van der Waals surface area contributed by atoms with Crippen LogP contribution in [0.15, 0.2) is 42.5 Å². The fraction of sp³-hybridized carbons (Fsp3) is 0.389. The highest BCUT2D eigenvalue weighted by Crippen LogP contribution is 2.52. The van der Waals surface area contributed by atoms with Crippen LogP contribution in [0.4, 0.5) is 4.79 Å². The van der Waals surface area contributed by atoms with Gasteiger partial charge < -0.3 is 10.1 Å². The first kappa shape index (κ1) is 14.9. The van der Waals surface area contributed by atoms with Crippen LogP contribution in [-0.2, 0) is 20.9 Å². The summed E-state index contributed by atoms with van der Waals surface area (Å²) < 4.78 is 5.10. The number of allylic oxidation sites excluding steroid dienone is 2. The summed E-state index contributed by atoms with van der Waals surface area (Å²) in [6, 6.07) is 9.31. The minimum absolute atomic E-state index is 0.127. The second kappa shape index (κ2) is 5.78. The van der Waals surface area contributed by atoms with Crippen LogP contribution in [0.2, 0.25) is 0 Å². The summed E-state index contributed by atoms with van der Waals surface area (Å²) in [5.41, 5.74) is 0.873. The second-order valence-corrected chi connectivity index (χ2v) is 6.50. The SMILES string of the molecule is O=C(NCN1C(=O)[C@H]2[C@H](C1=O)[C@H]1C=C[C@H]2C1)OCc1ccccc1. The van der Waals surface area contributed by atoms with Gasteiger partial charge in [-0.3, -0.25) is 14.5 Å². The Morgan fingerprint density at radius 3 is 2.33 bits per heavy atom. The number of carbonyl (C=O) groups excluding carboxylic acids is 3. The maximum Gasteiger partial charge on any atom is 0.408 e. The van der Waals surface area contributed by atoms with Gasteiger partial charge in [0.1, 0.15) is 13.3 Å². The first-order valence-electron chi connectivity index (χ1n) is 8.13. The molecular formula is C18H18N2O4. The van der Waals surface area contributed by atoms with E-state index in [2.05, 4.69) is 5.32 Å². The molecule has 0 aromatic heterocycles. The zero-order valence-electron chi connectivity index (χ0n) is 13.1. The highest BCUT2D eigenvalue weighted by Gasteiger charge is 2.59. The van der Waals surface area contributed by atoms with Gasteiger partial charge in [0.25, 0.3) is 0 Å². The van der Waals surface area contributed by atoms with Crippen LogP contribution >= 0.6 is 0 Å². The number of likely N-dealkylation sites (tertiary alicyclic amines) is 1. The molecule has 4 atom stereocenters. The van der Waals surface area contributed by atoms with Crippen molar-refractivity contribution in [1.29, 1.82) is 0 Å². The Kier molecular flexibility index (Phi) is 3.59. The standard InChI is InChI=1S/C18H18N2O4/c21-16-14-12-6-7-13(8-12)15(14)17(22)20(16)10-19-18(23)24-9-11-4-2-1-3-5-11/h1-7,12-15H,8-10H2,(H,19,23)/t12-,13-,14+,15+/m0/s1. The molecule has 2 fully saturated rings. The molecule has 24 heavy (non-hydrogen) atoms. The van der Waals surface area contributed by atoms with Gasteiger partial charge in [-0.1, -0.05) is 42.5 Å². The van der Waals surface area contributed by atoms with Crippen LogP contribution in [0.3, 0.4) is 0 Å². The number of rotatable bonds is 4. The molecule has 3 amide bonds. The number of fused-ring (bicyclic) bond motifs is 5. The summed E-state index contributed by atoms with van der Waals surface area (Å²) in [5.74, 6) is -0.488.